The molecule has 0 amide bonds. The van der Waals surface area contributed by atoms with Gasteiger partial charge in [0.1, 0.15) is 5.75 Å². The highest BCUT2D eigenvalue weighted by atomic mass is 127. The molecule has 0 spiro atoms. The number of hydrogen-bond acceptors (Lipinski definition) is 5. The van der Waals surface area contributed by atoms with Gasteiger partial charge in [0.15, 0.2) is 6.61 Å². The summed E-state index contributed by atoms with van der Waals surface area (Å²) in [6.07, 6.45) is 0. The Morgan fingerprint density at radius 3 is 2.48 bits per heavy atom. The van der Waals surface area contributed by atoms with Gasteiger partial charge in [-0.15, -0.1) is 0 Å². The van der Waals surface area contributed by atoms with E-state index in [4.69, 9.17) is 9.47 Å². The summed E-state index contributed by atoms with van der Waals surface area (Å²) in [6.45, 7) is -0.327. The van der Waals surface area contributed by atoms with Gasteiger partial charge in [0.25, 0.3) is 0 Å². The predicted molar refractivity (Wildman–Crippen MR) is 83.4 cm³/mol. The lowest BCUT2D eigenvalue weighted by molar-refractivity contribution is -0.385. The standard InChI is InChI=1S/C14H10INO5/c15-10-5-7-11(8-6-10)20-9-14(17)21-13-4-2-1-3-12(13)16(18)19/h1-8H,9H2. The average Bonchev–Trinajstić information content (AvgIpc) is 2.47. The minimum absolute atomic E-state index is 0.0984. The summed E-state index contributed by atoms with van der Waals surface area (Å²) in [5, 5.41) is 10.8. The number of nitro benzene ring substituents is 1. The number of carbonyl (C=O) groups excluding carboxylic acids is 1. The Bertz CT molecular complexity index is 657. The van der Waals surface area contributed by atoms with Gasteiger partial charge >= 0.3 is 11.7 Å². The van der Waals surface area contributed by atoms with Crippen LogP contribution in [-0.4, -0.2) is 17.5 Å². The van der Waals surface area contributed by atoms with Gasteiger partial charge in [-0.3, -0.25) is 10.1 Å². The van der Waals surface area contributed by atoms with Crippen LogP contribution in [0.4, 0.5) is 5.69 Å². The fourth-order valence-electron chi connectivity index (χ4n) is 1.52. The Hall–Kier alpha value is -2.16. The summed E-state index contributed by atoms with van der Waals surface area (Å²) < 4.78 is 11.2. The highest BCUT2D eigenvalue weighted by Gasteiger charge is 2.17. The first-order valence-electron chi connectivity index (χ1n) is 5.89. The maximum atomic E-state index is 11.7. The van der Waals surface area contributed by atoms with E-state index in [1.165, 1.54) is 18.2 Å². The second-order valence-corrected chi connectivity index (χ2v) is 5.19. The average molecular weight is 399 g/mol. The lowest BCUT2D eigenvalue weighted by Crippen LogP contribution is -2.18. The third-order valence-corrected chi connectivity index (χ3v) is 3.18. The van der Waals surface area contributed by atoms with Gasteiger partial charge in [0, 0.05) is 9.64 Å². The van der Waals surface area contributed by atoms with E-state index in [0.29, 0.717) is 5.75 Å². The van der Waals surface area contributed by atoms with Crippen LogP contribution in [0.25, 0.3) is 0 Å². The molecule has 0 aromatic heterocycles. The molecule has 6 nitrogen and oxygen atoms in total. The molecule has 108 valence electrons. The second kappa shape index (κ2) is 7.02. The van der Waals surface area contributed by atoms with Gasteiger partial charge in [-0.1, -0.05) is 12.1 Å². The van der Waals surface area contributed by atoms with Crippen molar-refractivity contribution in [2.75, 3.05) is 6.61 Å². The Labute approximate surface area is 134 Å². The van der Waals surface area contributed by atoms with Crippen LogP contribution in [0.15, 0.2) is 48.5 Å². The maximum absolute atomic E-state index is 11.7. The molecule has 0 aliphatic heterocycles. The Morgan fingerprint density at radius 2 is 1.81 bits per heavy atom. The van der Waals surface area contributed by atoms with E-state index in [1.807, 2.05) is 12.1 Å². The number of nitrogens with zero attached hydrogens (tertiary/aromatic N) is 1. The molecule has 0 aliphatic carbocycles. The van der Waals surface area contributed by atoms with Crippen LogP contribution < -0.4 is 9.47 Å². The van der Waals surface area contributed by atoms with Crippen LogP contribution in [0.5, 0.6) is 11.5 Å². The number of rotatable bonds is 5. The Morgan fingerprint density at radius 1 is 1.14 bits per heavy atom. The highest BCUT2D eigenvalue weighted by molar-refractivity contribution is 14.1. The number of ether oxygens (including phenoxy) is 2. The maximum Gasteiger partial charge on any atom is 0.349 e. The van der Waals surface area contributed by atoms with Gasteiger partial charge in [0.05, 0.1) is 4.92 Å². The van der Waals surface area contributed by atoms with E-state index in [0.717, 1.165) is 3.57 Å². The monoisotopic (exact) mass is 399 g/mol. The van der Waals surface area contributed by atoms with Gasteiger partial charge in [-0.2, -0.15) is 0 Å². The van der Waals surface area contributed by atoms with Crippen molar-refractivity contribution in [3.63, 3.8) is 0 Å². The van der Waals surface area contributed by atoms with Crippen LogP contribution in [0.2, 0.25) is 0 Å². The molecule has 0 heterocycles. The number of benzene rings is 2. The van der Waals surface area contributed by atoms with Crippen molar-refractivity contribution < 1.29 is 19.2 Å². The van der Waals surface area contributed by atoms with Crippen LogP contribution >= 0.6 is 22.6 Å². The normalized spacial score (nSPS) is 9.95. The van der Waals surface area contributed by atoms with E-state index in [2.05, 4.69) is 22.6 Å². The summed E-state index contributed by atoms with van der Waals surface area (Å²) >= 11 is 2.15. The molecule has 0 saturated carbocycles. The number of halogens is 1. The molecular weight excluding hydrogens is 389 g/mol. The van der Waals surface area contributed by atoms with Crippen molar-refractivity contribution in [1.82, 2.24) is 0 Å². The van der Waals surface area contributed by atoms with E-state index in [-0.39, 0.29) is 18.0 Å². The molecule has 0 aliphatic rings. The van der Waals surface area contributed by atoms with Crippen molar-refractivity contribution in [3.8, 4) is 11.5 Å². The molecule has 21 heavy (non-hydrogen) atoms. The van der Waals surface area contributed by atoms with Crippen molar-refractivity contribution in [3.05, 3.63) is 62.2 Å². The highest BCUT2D eigenvalue weighted by Crippen LogP contribution is 2.25. The summed E-state index contributed by atoms with van der Waals surface area (Å²) in [5.74, 6) is -0.281. The number of para-hydroxylation sites is 2. The molecule has 0 unspecified atom stereocenters. The zero-order valence-corrected chi connectivity index (χ0v) is 12.8. The van der Waals surface area contributed by atoms with E-state index in [1.54, 1.807) is 18.2 Å². The van der Waals surface area contributed by atoms with Gasteiger partial charge in [-0.25, -0.2) is 4.79 Å². The van der Waals surface area contributed by atoms with Gasteiger partial charge in [0.2, 0.25) is 5.75 Å². The topological polar surface area (TPSA) is 78.7 Å². The lowest BCUT2D eigenvalue weighted by Gasteiger charge is -2.07. The van der Waals surface area contributed by atoms with Crippen LogP contribution in [0, 0.1) is 13.7 Å². The van der Waals surface area contributed by atoms with Crippen LogP contribution in [0.1, 0.15) is 0 Å². The third-order valence-electron chi connectivity index (χ3n) is 2.46. The van der Waals surface area contributed by atoms with Crippen molar-refractivity contribution >= 4 is 34.2 Å². The molecule has 0 fully saturated rings. The zero-order valence-electron chi connectivity index (χ0n) is 10.7. The van der Waals surface area contributed by atoms with Crippen LogP contribution in [-0.2, 0) is 4.79 Å². The number of carbonyl (C=O) groups is 1. The molecule has 0 radical (unpaired) electrons. The summed E-state index contributed by atoms with van der Waals surface area (Å²) in [6, 6.07) is 12.8. The number of hydrogen-bond donors (Lipinski definition) is 0. The SMILES string of the molecule is O=C(COc1ccc(I)cc1)Oc1ccccc1[N+](=O)[O-]. The molecule has 2 aromatic carbocycles. The minimum Gasteiger partial charge on any atom is -0.482 e. The summed E-state index contributed by atoms with van der Waals surface area (Å²) in [7, 11) is 0. The third kappa shape index (κ3) is 4.42. The van der Waals surface area contributed by atoms with Crippen molar-refractivity contribution in [1.29, 1.82) is 0 Å². The number of esters is 1. The van der Waals surface area contributed by atoms with Crippen LogP contribution in [0.3, 0.4) is 0 Å². The molecule has 7 heteroatoms. The zero-order chi connectivity index (χ0) is 15.2. The lowest BCUT2D eigenvalue weighted by atomic mass is 10.3. The first-order chi connectivity index (χ1) is 10.1. The molecule has 2 rings (SSSR count). The Balaban J connectivity index is 1.96. The molecule has 0 bridgehead atoms. The quantitative estimate of drug-likeness (QED) is 0.254. The summed E-state index contributed by atoms with van der Waals surface area (Å²) in [5.41, 5.74) is -0.264. The molecule has 0 atom stereocenters. The van der Waals surface area contributed by atoms with E-state index < -0.39 is 10.9 Å². The number of nitro groups is 1. The van der Waals surface area contributed by atoms with Crippen molar-refractivity contribution in [2.24, 2.45) is 0 Å². The fraction of sp³-hybridized carbons (Fsp3) is 0.0714. The first kappa shape index (κ1) is 15.2. The molecule has 0 saturated heterocycles. The fourth-order valence-corrected chi connectivity index (χ4v) is 1.88. The second-order valence-electron chi connectivity index (χ2n) is 3.94. The van der Waals surface area contributed by atoms with Crippen molar-refractivity contribution in [2.45, 2.75) is 0 Å². The predicted octanol–water partition coefficient (Wildman–Crippen LogP) is 3.18. The van der Waals surface area contributed by atoms with Gasteiger partial charge in [-0.05, 0) is 52.9 Å². The first-order valence-corrected chi connectivity index (χ1v) is 6.96. The Kier molecular flexibility index (Phi) is 5.09. The molecular formula is C14H10INO5. The van der Waals surface area contributed by atoms with E-state index in [9.17, 15) is 14.9 Å². The van der Waals surface area contributed by atoms with E-state index >= 15 is 0 Å². The molecule has 2 aromatic rings. The smallest absolute Gasteiger partial charge is 0.349 e. The largest absolute Gasteiger partial charge is 0.482 e. The molecule has 0 N–H and O–H groups in total. The minimum atomic E-state index is -0.706. The van der Waals surface area contributed by atoms with Gasteiger partial charge < -0.3 is 9.47 Å². The summed E-state index contributed by atoms with van der Waals surface area (Å²) in [4.78, 5) is 21.8.